The zero-order chi connectivity index (χ0) is 21.0. The van der Waals surface area contributed by atoms with Crippen molar-refractivity contribution < 1.29 is 4.39 Å². The molecule has 0 saturated carbocycles. The maximum absolute atomic E-state index is 13.4. The fraction of sp³-hybridized carbons (Fsp3) is 0.0800. The zero-order valence-corrected chi connectivity index (χ0v) is 16.7. The van der Waals surface area contributed by atoms with E-state index >= 15 is 0 Å². The molecule has 152 valence electrons. The lowest BCUT2D eigenvalue weighted by molar-refractivity contribution is 0.605. The van der Waals surface area contributed by atoms with E-state index in [1.807, 2.05) is 42.6 Å². The average Bonchev–Trinajstić information content (AvgIpc) is 3.30. The molecule has 2 heterocycles. The van der Waals surface area contributed by atoms with Gasteiger partial charge < -0.3 is 5.32 Å². The molecule has 0 aliphatic heterocycles. The second-order valence-electron chi connectivity index (χ2n) is 7.34. The minimum atomic E-state index is -0.261. The Kier molecular flexibility index (Phi) is 5.21. The monoisotopic (exact) mass is 409 g/mol. The lowest BCUT2D eigenvalue weighted by Crippen LogP contribution is -2.22. The third-order valence-electron chi connectivity index (χ3n) is 5.31. The van der Waals surface area contributed by atoms with E-state index in [0.717, 1.165) is 16.7 Å². The van der Waals surface area contributed by atoms with E-state index in [1.165, 1.54) is 23.3 Å². The van der Waals surface area contributed by atoms with E-state index in [0.29, 0.717) is 12.2 Å². The summed E-state index contributed by atoms with van der Waals surface area (Å²) in [6.45, 7) is 0.563. The number of rotatable bonds is 6. The Morgan fingerprint density at radius 3 is 2.10 bits per heavy atom. The van der Waals surface area contributed by atoms with Crippen molar-refractivity contribution >= 4 is 5.65 Å². The molecular formula is C25H20FN5. The number of benzene rings is 3. The van der Waals surface area contributed by atoms with Crippen molar-refractivity contribution in [2.45, 2.75) is 12.6 Å². The second-order valence-corrected chi connectivity index (χ2v) is 7.34. The van der Waals surface area contributed by atoms with Crippen LogP contribution in [0.2, 0.25) is 0 Å². The number of halogens is 1. The summed E-state index contributed by atoms with van der Waals surface area (Å²) in [6, 6.07) is 29.2. The molecule has 6 heteroatoms. The first-order valence-electron chi connectivity index (χ1n) is 10.1. The lowest BCUT2D eigenvalue weighted by atomic mass is 9.98. The van der Waals surface area contributed by atoms with Crippen molar-refractivity contribution in [2.75, 3.05) is 0 Å². The van der Waals surface area contributed by atoms with E-state index in [4.69, 9.17) is 0 Å². The summed E-state index contributed by atoms with van der Waals surface area (Å²) in [5.74, 6) is -0.261. The van der Waals surface area contributed by atoms with Crippen molar-refractivity contribution in [1.82, 2.24) is 25.4 Å². The molecule has 0 aliphatic carbocycles. The van der Waals surface area contributed by atoms with Crippen molar-refractivity contribution in [3.05, 3.63) is 120 Å². The molecule has 0 bridgehead atoms. The first-order chi connectivity index (χ1) is 15.3. The fourth-order valence-corrected chi connectivity index (χ4v) is 3.77. The highest BCUT2D eigenvalue weighted by Gasteiger charge is 2.15. The van der Waals surface area contributed by atoms with Gasteiger partial charge in [0.15, 0.2) is 5.65 Å². The molecule has 5 rings (SSSR count). The molecule has 31 heavy (non-hydrogen) atoms. The number of pyridine rings is 1. The number of tetrazole rings is 1. The average molecular weight is 409 g/mol. The van der Waals surface area contributed by atoms with Gasteiger partial charge in [-0.25, -0.2) is 4.39 Å². The largest absolute Gasteiger partial charge is 0.302 e. The molecule has 0 fully saturated rings. The Labute approximate surface area is 179 Å². The maximum Gasteiger partial charge on any atom is 0.183 e. The number of fused-ring (bicyclic) bond motifs is 1. The highest BCUT2D eigenvalue weighted by Crippen LogP contribution is 2.25. The van der Waals surface area contributed by atoms with E-state index in [2.05, 4.69) is 51.2 Å². The summed E-state index contributed by atoms with van der Waals surface area (Å²) < 4.78 is 15.0. The highest BCUT2D eigenvalue weighted by atomic mass is 19.1. The third kappa shape index (κ3) is 4.06. The van der Waals surface area contributed by atoms with E-state index in [-0.39, 0.29) is 11.9 Å². The van der Waals surface area contributed by atoms with Crippen LogP contribution >= 0.6 is 0 Å². The number of aromatic nitrogens is 4. The van der Waals surface area contributed by atoms with Crippen LogP contribution in [0.25, 0.3) is 16.8 Å². The number of nitrogens with zero attached hydrogens (tertiary/aromatic N) is 4. The summed E-state index contributed by atoms with van der Waals surface area (Å²) in [5, 5.41) is 15.8. The Morgan fingerprint density at radius 1 is 0.806 bits per heavy atom. The Morgan fingerprint density at radius 2 is 1.45 bits per heavy atom. The van der Waals surface area contributed by atoms with Crippen molar-refractivity contribution in [2.24, 2.45) is 0 Å². The molecule has 5 nitrogen and oxygen atoms in total. The van der Waals surface area contributed by atoms with E-state index < -0.39 is 0 Å². The summed E-state index contributed by atoms with van der Waals surface area (Å²) in [7, 11) is 0. The molecular weight excluding hydrogens is 389 g/mol. The summed E-state index contributed by atoms with van der Waals surface area (Å²) >= 11 is 0. The van der Waals surface area contributed by atoms with Gasteiger partial charge in [-0.3, -0.25) is 0 Å². The van der Waals surface area contributed by atoms with Crippen LogP contribution in [0.15, 0.2) is 97.2 Å². The third-order valence-corrected chi connectivity index (χ3v) is 5.31. The molecule has 0 atom stereocenters. The molecule has 0 saturated heterocycles. The van der Waals surface area contributed by atoms with Gasteiger partial charge in [0.1, 0.15) is 5.82 Å². The van der Waals surface area contributed by atoms with Crippen molar-refractivity contribution in [3.63, 3.8) is 0 Å². The molecule has 0 radical (unpaired) electrons. The van der Waals surface area contributed by atoms with Crippen LogP contribution in [0.5, 0.6) is 0 Å². The molecule has 0 unspecified atom stereocenters. The van der Waals surface area contributed by atoms with Gasteiger partial charge in [0.2, 0.25) is 0 Å². The smallest absolute Gasteiger partial charge is 0.183 e. The highest BCUT2D eigenvalue weighted by molar-refractivity contribution is 5.66. The Hall–Kier alpha value is -3.90. The molecule has 0 amide bonds. The first-order valence-corrected chi connectivity index (χ1v) is 10.1. The first kappa shape index (κ1) is 19.1. The van der Waals surface area contributed by atoms with Gasteiger partial charge in [0, 0.05) is 23.9 Å². The standard InChI is InChI=1S/C25H20FN5/c26-23-13-11-18(12-14-23)22-15-21(25-28-29-30-31(25)17-22)16-27-24(19-7-3-1-4-8-19)20-9-5-2-6-10-20/h1-15,17,24,27H,16H2. The molecule has 2 aromatic heterocycles. The molecule has 1 N–H and O–H groups in total. The number of nitrogens with one attached hydrogen (secondary N) is 1. The van der Waals surface area contributed by atoms with Crippen LogP contribution in [-0.2, 0) is 6.54 Å². The van der Waals surface area contributed by atoms with Gasteiger partial charge in [-0.05, 0) is 45.3 Å². The predicted molar refractivity (Wildman–Crippen MR) is 118 cm³/mol. The normalized spacial score (nSPS) is 11.3. The summed E-state index contributed by atoms with van der Waals surface area (Å²) in [4.78, 5) is 0. The lowest BCUT2D eigenvalue weighted by Gasteiger charge is -2.20. The fourth-order valence-electron chi connectivity index (χ4n) is 3.77. The van der Waals surface area contributed by atoms with E-state index in [1.54, 1.807) is 16.6 Å². The van der Waals surface area contributed by atoms with Gasteiger partial charge in [-0.2, -0.15) is 4.52 Å². The van der Waals surface area contributed by atoms with Gasteiger partial charge in [-0.1, -0.05) is 72.8 Å². The van der Waals surface area contributed by atoms with Crippen LogP contribution in [0, 0.1) is 5.82 Å². The zero-order valence-electron chi connectivity index (χ0n) is 16.7. The van der Waals surface area contributed by atoms with Gasteiger partial charge in [0.25, 0.3) is 0 Å². The maximum atomic E-state index is 13.4. The van der Waals surface area contributed by atoms with Gasteiger partial charge in [0.05, 0.1) is 6.04 Å². The van der Waals surface area contributed by atoms with E-state index in [9.17, 15) is 4.39 Å². The second kappa shape index (κ2) is 8.45. The SMILES string of the molecule is Fc1ccc(-c2cc(CNC(c3ccccc3)c3ccccc3)c3nnnn3c2)cc1. The topological polar surface area (TPSA) is 55.1 Å². The minimum Gasteiger partial charge on any atom is -0.302 e. The number of hydrogen-bond acceptors (Lipinski definition) is 4. The molecule has 0 spiro atoms. The van der Waals surface area contributed by atoms with Gasteiger partial charge in [-0.15, -0.1) is 5.10 Å². The Bertz CT molecular complexity index is 1240. The van der Waals surface area contributed by atoms with Crippen LogP contribution in [0.3, 0.4) is 0 Å². The Balaban J connectivity index is 1.50. The summed E-state index contributed by atoms with van der Waals surface area (Å²) in [5.41, 5.74) is 5.84. The van der Waals surface area contributed by atoms with Crippen molar-refractivity contribution in [1.29, 1.82) is 0 Å². The van der Waals surface area contributed by atoms with Crippen molar-refractivity contribution in [3.8, 4) is 11.1 Å². The quantitative estimate of drug-likeness (QED) is 0.437. The molecule has 0 aliphatic rings. The van der Waals surface area contributed by atoms with Crippen LogP contribution in [0.1, 0.15) is 22.7 Å². The van der Waals surface area contributed by atoms with Gasteiger partial charge >= 0.3 is 0 Å². The summed E-state index contributed by atoms with van der Waals surface area (Å²) in [6.07, 6.45) is 1.86. The number of hydrogen-bond donors (Lipinski definition) is 1. The predicted octanol–water partition coefficient (Wildman–Crippen LogP) is 4.81. The minimum absolute atomic E-state index is 0.0211. The van der Waals surface area contributed by atoms with Crippen LogP contribution < -0.4 is 5.32 Å². The molecule has 3 aromatic carbocycles. The molecule has 5 aromatic rings. The van der Waals surface area contributed by atoms with Crippen LogP contribution in [-0.4, -0.2) is 20.0 Å². The van der Waals surface area contributed by atoms with Crippen LogP contribution in [0.4, 0.5) is 4.39 Å².